The smallest absolute Gasteiger partial charge is 0.252 e. The third-order valence-electron chi connectivity index (χ3n) is 0.839. The minimum atomic E-state index is -0.820. The van der Waals surface area contributed by atoms with Crippen molar-refractivity contribution in [3.8, 4) is 0 Å². The predicted octanol–water partition coefficient (Wildman–Crippen LogP) is 1.63. The van der Waals surface area contributed by atoms with E-state index in [1.807, 2.05) is 0 Å². The minimum absolute atomic E-state index is 0.165. The molecule has 0 aromatic heterocycles. The lowest BCUT2D eigenvalue weighted by Gasteiger charge is -1.95. The van der Waals surface area contributed by atoms with E-state index in [0.29, 0.717) is 0 Å². The number of carbonyl (C=O) groups is 2. The van der Waals surface area contributed by atoms with E-state index >= 15 is 0 Å². The van der Waals surface area contributed by atoms with Gasteiger partial charge in [-0.1, -0.05) is 13.2 Å². The first-order chi connectivity index (χ1) is 4.46. The number of hydrogen-bond donors (Lipinski definition) is 0. The van der Waals surface area contributed by atoms with Gasteiger partial charge in [-0.05, 0) is 23.2 Å². The predicted molar refractivity (Wildman–Crippen MR) is 40.0 cm³/mol. The van der Waals surface area contributed by atoms with Crippen LogP contribution in [0.15, 0.2) is 24.3 Å². The Hall–Kier alpha value is -0.600. The molecule has 54 valence electrons. The number of hydrogen-bond acceptors (Lipinski definition) is 2. The molecule has 0 saturated heterocycles. The van der Waals surface area contributed by atoms with Crippen molar-refractivity contribution in [1.29, 1.82) is 0 Å². The van der Waals surface area contributed by atoms with Crippen molar-refractivity contribution in [3.63, 3.8) is 0 Å². The molecule has 0 fully saturated rings. The van der Waals surface area contributed by atoms with E-state index in [0.717, 1.165) is 0 Å². The van der Waals surface area contributed by atoms with Gasteiger partial charge in [0.1, 0.15) is 0 Å². The Balaban J connectivity index is 4.39. The van der Waals surface area contributed by atoms with Crippen LogP contribution < -0.4 is 0 Å². The first-order valence-corrected chi connectivity index (χ1v) is 3.00. The summed E-state index contributed by atoms with van der Waals surface area (Å²) in [6.45, 7) is 6.38. The summed E-state index contributed by atoms with van der Waals surface area (Å²) < 4.78 is 0. The summed E-state index contributed by atoms with van der Waals surface area (Å²) in [5.41, 5.74) is -0.330. The molecule has 0 amide bonds. The quantitative estimate of drug-likeness (QED) is 0.374. The molecule has 0 aliphatic carbocycles. The molecule has 0 aromatic carbocycles. The molecular formula is C6H4Cl2O2. The first kappa shape index (κ1) is 9.40. The van der Waals surface area contributed by atoms with Gasteiger partial charge in [0, 0.05) is 11.1 Å². The molecular weight excluding hydrogens is 175 g/mol. The first-order valence-electron chi connectivity index (χ1n) is 2.24. The molecule has 10 heavy (non-hydrogen) atoms. The molecule has 2 nitrogen and oxygen atoms in total. The third kappa shape index (κ3) is 2.33. The average Bonchev–Trinajstić information content (AvgIpc) is 1.84. The van der Waals surface area contributed by atoms with Gasteiger partial charge in [-0.15, -0.1) is 0 Å². The molecule has 0 aromatic rings. The van der Waals surface area contributed by atoms with E-state index in [-0.39, 0.29) is 11.1 Å². The van der Waals surface area contributed by atoms with Crippen molar-refractivity contribution in [2.45, 2.75) is 0 Å². The largest absolute Gasteiger partial charge is 0.276 e. The summed E-state index contributed by atoms with van der Waals surface area (Å²) >= 11 is 9.91. The maximum atomic E-state index is 10.3. The topological polar surface area (TPSA) is 34.1 Å². The Morgan fingerprint density at radius 3 is 1.20 bits per heavy atom. The van der Waals surface area contributed by atoms with Gasteiger partial charge in [-0.25, -0.2) is 0 Å². The van der Waals surface area contributed by atoms with Crippen LogP contribution in [0.5, 0.6) is 0 Å². The van der Waals surface area contributed by atoms with E-state index in [4.69, 9.17) is 23.2 Å². The van der Waals surface area contributed by atoms with E-state index in [9.17, 15) is 9.59 Å². The fourth-order valence-electron chi connectivity index (χ4n) is 0.237. The lowest BCUT2D eigenvalue weighted by atomic mass is 10.2. The molecule has 0 aliphatic heterocycles. The summed E-state index contributed by atoms with van der Waals surface area (Å²) in [6, 6.07) is 0. The van der Waals surface area contributed by atoms with Crippen LogP contribution in [-0.2, 0) is 9.59 Å². The zero-order chi connectivity index (χ0) is 8.31. The van der Waals surface area contributed by atoms with Gasteiger partial charge in [0.25, 0.3) is 10.5 Å². The van der Waals surface area contributed by atoms with Crippen LogP contribution in [0.25, 0.3) is 0 Å². The summed E-state index contributed by atoms with van der Waals surface area (Å²) in [7, 11) is 0. The van der Waals surface area contributed by atoms with E-state index in [2.05, 4.69) is 13.2 Å². The van der Waals surface area contributed by atoms with Gasteiger partial charge < -0.3 is 0 Å². The molecule has 0 heterocycles. The summed E-state index contributed by atoms with van der Waals surface area (Å²) in [4.78, 5) is 20.6. The Bertz CT molecular complexity index is 194. The normalized spacial score (nSPS) is 8.60. The summed E-state index contributed by atoms with van der Waals surface area (Å²) in [6.07, 6.45) is 0. The van der Waals surface area contributed by atoms with Crippen LogP contribution >= 0.6 is 23.2 Å². The maximum absolute atomic E-state index is 10.3. The Kier molecular flexibility index (Phi) is 3.33. The van der Waals surface area contributed by atoms with E-state index in [1.54, 1.807) is 0 Å². The van der Waals surface area contributed by atoms with E-state index < -0.39 is 10.5 Å². The van der Waals surface area contributed by atoms with Crippen LogP contribution in [0.2, 0.25) is 0 Å². The fourth-order valence-corrected chi connectivity index (χ4v) is 0.465. The van der Waals surface area contributed by atoms with Crippen molar-refractivity contribution in [2.75, 3.05) is 0 Å². The van der Waals surface area contributed by atoms with Gasteiger partial charge >= 0.3 is 0 Å². The Labute approximate surface area is 68.1 Å². The maximum Gasteiger partial charge on any atom is 0.252 e. The highest BCUT2D eigenvalue weighted by Crippen LogP contribution is 2.11. The second kappa shape index (κ2) is 3.54. The molecule has 4 heteroatoms. The van der Waals surface area contributed by atoms with Crippen LogP contribution in [0, 0.1) is 0 Å². The van der Waals surface area contributed by atoms with Gasteiger partial charge in [0.15, 0.2) is 0 Å². The molecule has 0 radical (unpaired) electrons. The fraction of sp³-hybridized carbons (Fsp3) is 0. The van der Waals surface area contributed by atoms with Gasteiger partial charge in [0.2, 0.25) is 0 Å². The average molecular weight is 179 g/mol. The van der Waals surface area contributed by atoms with Crippen LogP contribution in [0.1, 0.15) is 0 Å². The molecule has 0 bridgehead atoms. The van der Waals surface area contributed by atoms with Gasteiger partial charge in [0.05, 0.1) is 0 Å². The zero-order valence-corrected chi connectivity index (χ0v) is 6.50. The highest BCUT2D eigenvalue weighted by Gasteiger charge is 2.12. The summed E-state index contributed by atoms with van der Waals surface area (Å²) in [5, 5.41) is -1.64. The molecule has 0 atom stereocenters. The number of allylic oxidation sites excluding steroid dienone is 2. The highest BCUT2D eigenvalue weighted by atomic mass is 35.5. The lowest BCUT2D eigenvalue weighted by Crippen LogP contribution is -2.00. The van der Waals surface area contributed by atoms with Crippen molar-refractivity contribution in [1.82, 2.24) is 0 Å². The second-order valence-corrected chi connectivity index (χ2v) is 2.19. The number of halogens is 2. The standard InChI is InChI=1S/C6H4Cl2O2/c1-3(5(7)9)4(2)6(8)10/h1-2H2. The van der Waals surface area contributed by atoms with Gasteiger partial charge in [-0.3, -0.25) is 9.59 Å². The van der Waals surface area contributed by atoms with Crippen LogP contribution in [0.4, 0.5) is 0 Å². The van der Waals surface area contributed by atoms with Crippen molar-refractivity contribution >= 4 is 33.7 Å². The molecule has 0 N–H and O–H groups in total. The van der Waals surface area contributed by atoms with Crippen LogP contribution in [-0.4, -0.2) is 10.5 Å². The third-order valence-corrected chi connectivity index (χ3v) is 1.30. The monoisotopic (exact) mass is 178 g/mol. The molecule has 0 unspecified atom stereocenters. The SMILES string of the molecule is C=C(C(=C)C(=O)Cl)C(=O)Cl. The van der Waals surface area contributed by atoms with Crippen molar-refractivity contribution in [2.24, 2.45) is 0 Å². The van der Waals surface area contributed by atoms with Crippen LogP contribution in [0.3, 0.4) is 0 Å². The highest BCUT2D eigenvalue weighted by molar-refractivity contribution is 6.72. The molecule has 0 rings (SSSR count). The van der Waals surface area contributed by atoms with Gasteiger partial charge in [-0.2, -0.15) is 0 Å². The lowest BCUT2D eigenvalue weighted by molar-refractivity contribution is -0.111. The molecule has 0 spiro atoms. The minimum Gasteiger partial charge on any atom is -0.276 e. The number of carbonyl (C=O) groups excluding carboxylic acids is 2. The second-order valence-electron chi connectivity index (χ2n) is 1.50. The van der Waals surface area contributed by atoms with Crippen molar-refractivity contribution < 1.29 is 9.59 Å². The summed E-state index contributed by atoms with van der Waals surface area (Å²) in [5.74, 6) is 0. The van der Waals surface area contributed by atoms with E-state index in [1.165, 1.54) is 0 Å². The molecule has 0 aliphatic rings. The Morgan fingerprint density at radius 2 is 1.10 bits per heavy atom. The molecule has 0 saturated carbocycles. The number of rotatable bonds is 3. The van der Waals surface area contributed by atoms with Crippen molar-refractivity contribution in [3.05, 3.63) is 24.3 Å². The Morgan fingerprint density at radius 1 is 0.900 bits per heavy atom. The zero-order valence-electron chi connectivity index (χ0n) is 4.99.